The molecule has 0 aliphatic carbocycles. The fourth-order valence-electron chi connectivity index (χ4n) is 2.96. The van der Waals surface area contributed by atoms with E-state index in [9.17, 15) is 14.4 Å². The summed E-state index contributed by atoms with van der Waals surface area (Å²) in [5, 5.41) is 6.87. The van der Waals surface area contributed by atoms with E-state index in [2.05, 4.69) is 10.4 Å². The molecule has 8 heteroatoms. The number of nitrogens with one attached hydrogen (secondary N) is 1. The molecule has 1 heterocycles. The maximum Gasteiger partial charge on any atom is 0.352 e. The van der Waals surface area contributed by atoms with E-state index in [4.69, 9.17) is 4.74 Å². The van der Waals surface area contributed by atoms with Crippen LogP contribution >= 0.6 is 0 Å². The van der Waals surface area contributed by atoms with Gasteiger partial charge < -0.3 is 10.1 Å². The van der Waals surface area contributed by atoms with Crippen molar-refractivity contribution in [3.8, 4) is 11.4 Å². The van der Waals surface area contributed by atoms with Gasteiger partial charge in [-0.25, -0.2) is 4.79 Å². The zero-order chi connectivity index (χ0) is 22.5. The van der Waals surface area contributed by atoms with Gasteiger partial charge in [0.25, 0.3) is 11.5 Å². The van der Waals surface area contributed by atoms with Crippen LogP contribution in [0.25, 0.3) is 5.69 Å². The monoisotopic (exact) mass is 422 g/mol. The van der Waals surface area contributed by atoms with Crippen molar-refractivity contribution in [1.29, 1.82) is 0 Å². The van der Waals surface area contributed by atoms with Crippen molar-refractivity contribution in [1.82, 2.24) is 19.7 Å². The molecule has 0 saturated carbocycles. The van der Waals surface area contributed by atoms with Crippen molar-refractivity contribution in [3.05, 3.63) is 86.2 Å². The standard InChI is InChI=1S/C23H26N4O4/c1-5-16(3)24-21(28)20-22(29)26(14-17-8-6-15(2)7-9-17)23(30)27(25-20)18-10-12-19(31-4)13-11-18/h6-13,16H,5,14H2,1-4H3,(H,24,28). The Labute approximate surface area is 180 Å². The summed E-state index contributed by atoms with van der Waals surface area (Å²) in [5.41, 5.74) is 0.566. The summed E-state index contributed by atoms with van der Waals surface area (Å²) in [6.07, 6.45) is 0.696. The number of ether oxygens (including phenoxy) is 1. The molecular weight excluding hydrogens is 396 g/mol. The predicted molar refractivity (Wildman–Crippen MR) is 118 cm³/mol. The number of hydrogen-bond acceptors (Lipinski definition) is 5. The minimum atomic E-state index is -0.726. The van der Waals surface area contributed by atoms with E-state index in [1.807, 2.05) is 45.0 Å². The first-order valence-corrected chi connectivity index (χ1v) is 10.1. The summed E-state index contributed by atoms with van der Waals surface area (Å²) in [5.74, 6) is -0.00113. The van der Waals surface area contributed by atoms with Crippen LogP contribution in [-0.4, -0.2) is 33.4 Å². The highest BCUT2D eigenvalue weighted by molar-refractivity contribution is 5.91. The zero-order valence-corrected chi connectivity index (χ0v) is 18.1. The molecule has 0 bridgehead atoms. The Kier molecular flexibility index (Phi) is 6.69. The summed E-state index contributed by atoms with van der Waals surface area (Å²) < 4.78 is 7.26. The van der Waals surface area contributed by atoms with E-state index in [1.165, 1.54) is 0 Å². The van der Waals surface area contributed by atoms with Crippen molar-refractivity contribution < 1.29 is 9.53 Å². The summed E-state index contributed by atoms with van der Waals surface area (Å²) in [6.45, 7) is 5.74. The number of methoxy groups -OCH3 is 1. The molecule has 3 rings (SSSR count). The second-order valence-electron chi connectivity index (χ2n) is 7.40. The van der Waals surface area contributed by atoms with Crippen LogP contribution in [-0.2, 0) is 6.54 Å². The van der Waals surface area contributed by atoms with Crippen LogP contribution in [0.3, 0.4) is 0 Å². The highest BCUT2D eigenvalue weighted by atomic mass is 16.5. The maximum atomic E-state index is 13.2. The number of aromatic nitrogens is 3. The Morgan fingerprint density at radius 3 is 2.32 bits per heavy atom. The van der Waals surface area contributed by atoms with Crippen LogP contribution < -0.4 is 21.3 Å². The molecule has 1 unspecified atom stereocenters. The number of rotatable bonds is 7. The normalized spacial score (nSPS) is 11.7. The smallest absolute Gasteiger partial charge is 0.352 e. The van der Waals surface area contributed by atoms with Crippen LogP contribution in [0.4, 0.5) is 0 Å². The third-order valence-corrected chi connectivity index (χ3v) is 5.04. The van der Waals surface area contributed by atoms with Gasteiger partial charge in [0, 0.05) is 6.04 Å². The number of benzene rings is 2. The average Bonchev–Trinajstić information content (AvgIpc) is 2.78. The van der Waals surface area contributed by atoms with Crippen LogP contribution in [0.5, 0.6) is 5.75 Å². The minimum absolute atomic E-state index is 0.0280. The fourth-order valence-corrected chi connectivity index (χ4v) is 2.96. The lowest BCUT2D eigenvalue weighted by molar-refractivity contribution is 0.0929. The van der Waals surface area contributed by atoms with Crippen molar-refractivity contribution in [3.63, 3.8) is 0 Å². The van der Waals surface area contributed by atoms with Gasteiger partial charge in [0.15, 0.2) is 0 Å². The molecular formula is C23H26N4O4. The third-order valence-electron chi connectivity index (χ3n) is 5.04. The summed E-state index contributed by atoms with van der Waals surface area (Å²) in [7, 11) is 1.54. The van der Waals surface area contributed by atoms with Gasteiger partial charge in [0.2, 0.25) is 5.69 Å². The molecule has 0 fully saturated rings. The molecule has 1 N–H and O–H groups in total. The van der Waals surface area contributed by atoms with Gasteiger partial charge >= 0.3 is 5.69 Å². The molecule has 1 atom stereocenters. The van der Waals surface area contributed by atoms with Gasteiger partial charge in [-0.05, 0) is 50.1 Å². The molecule has 31 heavy (non-hydrogen) atoms. The molecule has 0 spiro atoms. The van der Waals surface area contributed by atoms with Crippen molar-refractivity contribution in [2.24, 2.45) is 0 Å². The van der Waals surface area contributed by atoms with Crippen LogP contribution in [0.15, 0.2) is 58.1 Å². The number of hydrogen-bond donors (Lipinski definition) is 1. The fraction of sp³-hybridized carbons (Fsp3) is 0.304. The Balaban J connectivity index is 2.16. The first kappa shape index (κ1) is 22.0. The summed E-state index contributed by atoms with van der Waals surface area (Å²) in [4.78, 5) is 39.0. The van der Waals surface area contributed by atoms with Crippen molar-refractivity contribution in [2.75, 3.05) is 7.11 Å². The molecule has 8 nitrogen and oxygen atoms in total. The van der Waals surface area contributed by atoms with E-state index in [0.29, 0.717) is 17.9 Å². The van der Waals surface area contributed by atoms with Gasteiger partial charge in [0.1, 0.15) is 5.75 Å². The van der Waals surface area contributed by atoms with E-state index >= 15 is 0 Å². The second kappa shape index (κ2) is 9.42. The molecule has 0 aliphatic heterocycles. The molecule has 0 aliphatic rings. The Morgan fingerprint density at radius 1 is 1.10 bits per heavy atom. The maximum absolute atomic E-state index is 13.2. The van der Waals surface area contributed by atoms with E-state index in [-0.39, 0.29) is 18.3 Å². The lowest BCUT2D eigenvalue weighted by atomic mass is 10.1. The van der Waals surface area contributed by atoms with Crippen LogP contribution in [0.1, 0.15) is 41.9 Å². The number of nitrogens with zero attached hydrogens (tertiary/aromatic N) is 3. The van der Waals surface area contributed by atoms with Gasteiger partial charge in [-0.2, -0.15) is 9.78 Å². The average molecular weight is 422 g/mol. The number of carbonyl (C=O) groups is 1. The molecule has 1 aromatic heterocycles. The molecule has 2 aromatic carbocycles. The SMILES string of the molecule is CCC(C)NC(=O)c1nn(-c2ccc(OC)cc2)c(=O)n(Cc2ccc(C)cc2)c1=O. The molecule has 0 radical (unpaired) electrons. The second-order valence-corrected chi connectivity index (χ2v) is 7.40. The van der Waals surface area contributed by atoms with E-state index in [0.717, 1.165) is 20.4 Å². The Bertz CT molecular complexity index is 1180. The van der Waals surface area contributed by atoms with Crippen LogP contribution in [0.2, 0.25) is 0 Å². The number of aryl methyl sites for hydroxylation is 1. The van der Waals surface area contributed by atoms with E-state index < -0.39 is 17.2 Å². The number of amides is 1. The topological polar surface area (TPSA) is 95.2 Å². The first-order valence-electron chi connectivity index (χ1n) is 10.1. The largest absolute Gasteiger partial charge is 0.497 e. The van der Waals surface area contributed by atoms with Gasteiger partial charge in [0.05, 0.1) is 19.3 Å². The first-order chi connectivity index (χ1) is 14.8. The molecule has 0 saturated heterocycles. The van der Waals surface area contributed by atoms with Crippen LogP contribution in [0, 0.1) is 6.92 Å². The Hall–Kier alpha value is -3.68. The highest BCUT2D eigenvalue weighted by Gasteiger charge is 2.21. The van der Waals surface area contributed by atoms with Gasteiger partial charge in [-0.3, -0.25) is 14.2 Å². The Morgan fingerprint density at radius 2 is 1.74 bits per heavy atom. The lowest BCUT2D eigenvalue weighted by Gasteiger charge is -2.14. The number of carbonyl (C=O) groups excluding carboxylic acids is 1. The van der Waals surface area contributed by atoms with Crippen molar-refractivity contribution >= 4 is 5.91 Å². The summed E-state index contributed by atoms with van der Waals surface area (Å²) in [6, 6.07) is 14.0. The summed E-state index contributed by atoms with van der Waals surface area (Å²) >= 11 is 0. The zero-order valence-electron chi connectivity index (χ0n) is 18.1. The van der Waals surface area contributed by atoms with E-state index in [1.54, 1.807) is 31.4 Å². The molecule has 1 amide bonds. The molecule has 3 aromatic rings. The van der Waals surface area contributed by atoms with Gasteiger partial charge in [-0.15, -0.1) is 0 Å². The quantitative estimate of drug-likeness (QED) is 0.630. The van der Waals surface area contributed by atoms with Gasteiger partial charge in [-0.1, -0.05) is 36.8 Å². The molecule has 162 valence electrons. The minimum Gasteiger partial charge on any atom is -0.497 e. The lowest BCUT2D eigenvalue weighted by Crippen LogP contribution is -2.47. The third kappa shape index (κ3) is 4.91. The predicted octanol–water partition coefficient (Wildman–Crippen LogP) is 2.29. The highest BCUT2D eigenvalue weighted by Crippen LogP contribution is 2.13. The van der Waals surface area contributed by atoms with Crippen molar-refractivity contribution in [2.45, 2.75) is 39.8 Å².